The van der Waals surface area contributed by atoms with Gasteiger partial charge in [-0.2, -0.15) is 4.98 Å². The summed E-state index contributed by atoms with van der Waals surface area (Å²) in [5.74, 6) is -0.141. The summed E-state index contributed by atoms with van der Waals surface area (Å²) in [5.41, 5.74) is 0.171. The lowest BCUT2D eigenvalue weighted by molar-refractivity contribution is 0.0689. The van der Waals surface area contributed by atoms with E-state index in [1.165, 1.54) is 4.68 Å². The van der Waals surface area contributed by atoms with E-state index in [-0.39, 0.29) is 17.7 Å². The smallest absolute Gasteiger partial charge is 0.358 e. The van der Waals surface area contributed by atoms with Crippen molar-refractivity contribution >= 4 is 5.97 Å². The molecule has 19 heavy (non-hydrogen) atoms. The molecule has 8 heteroatoms. The second-order valence-corrected chi connectivity index (χ2v) is 5.25. The average Bonchev–Trinajstić information content (AvgIpc) is 2.87. The van der Waals surface area contributed by atoms with E-state index < -0.39 is 5.97 Å². The fourth-order valence-corrected chi connectivity index (χ4v) is 1.46. The number of carboxylic acids is 1. The minimum Gasteiger partial charge on any atom is -0.476 e. The summed E-state index contributed by atoms with van der Waals surface area (Å²) in [6, 6.07) is 0. The molecular weight excluding hydrogens is 250 g/mol. The monoisotopic (exact) mass is 265 g/mol. The van der Waals surface area contributed by atoms with Gasteiger partial charge in [-0.3, -0.25) is 0 Å². The minimum atomic E-state index is -1.11. The third kappa shape index (κ3) is 2.61. The van der Waals surface area contributed by atoms with Crippen molar-refractivity contribution in [2.45, 2.75) is 39.7 Å². The van der Waals surface area contributed by atoms with Crippen molar-refractivity contribution in [3.8, 4) is 0 Å². The van der Waals surface area contributed by atoms with Gasteiger partial charge in [0, 0.05) is 5.41 Å². The number of hydrogen-bond donors (Lipinski definition) is 1. The molecule has 0 aliphatic rings. The first kappa shape index (κ1) is 13.2. The largest absolute Gasteiger partial charge is 0.476 e. The number of rotatable bonds is 3. The van der Waals surface area contributed by atoms with Crippen molar-refractivity contribution < 1.29 is 14.4 Å². The van der Waals surface area contributed by atoms with Gasteiger partial charge in [0.05, 0.1) is 5.69 Å². The highest BCUT2D eigenvalue weighted by molar-refractivity contribution is 5.86. The van der Waals surface area contributed by atoms with Gasteiger partial charge >= 0.3 is 5.97 Å². The Bertz CT molecular complexity index is 608. The number of aromatic nitrogens is 5. The maximum atomic E-state index is 10.9. The van der Waals surface area contributed by atoms with E-state index in [1.807, 2.05) is 20.8 Å². The average molecular weight is 265 g/mol. The van der Waals surface area contributed by atoms with E-state index >= 15 is 0 Å². The van der Waals surface area contributed by atoms with Crippen molar-refractivity contribution in [2.24, 2.45) is 0 Å². The van der Waals surface area contributed by atoms with Crippen LogP contribution < -0.4 is 0 Å². The molecule has 8 nitrogen and oxygen atoms in total. The van der Waals surface area contributed by atoms with Crippen LogP contribution in [-0.2, 0) is 12.0 Å². The zero-order valence-electron chi connectivity index (χ0n) is 11.2. The molecule has 0 amide bonds. The molecule has 102 valence electrons. The molecule has 0 saturated carbocycles. The van der Waals surface area contributed by atoms with Crippen molar-refractivity contribution in [1.82, 2.24) is 25.1 Å². The first-order valence-electron chi connectivity index (χ1n) is 5.75. The molecule has 0 atom stereocenters. The Kier molecular flexibility index (Phi) is 3.09. The lowest BCUT2D eigenvalue weighted by Gasteiger charge is -2.10. The number of nitrogens with zero attached hydrogens (tertiary/aromatic N) is 5. The number of carboxylic acid groups (broad SMARTS) is 1. The summed E-state index contributed by atoms with van der Waals surface area (Å²) in [5, 5.41) is 20.1. The fraction of sp³-hybridized carbons (Fsp3) is 0.545. The van der Waals surface area contributed by atoms with Gasteiger partial charge in [-0.25, -0.2) is 9.48 Å². The Labute approximate surface area is 109 Å². The van der Waals surface area contributed by atoms with Crippen LogP contribution in [0.3, 0.4) is 0 Å². The molecule has 2 aromatic heterocycles. The predicted octanol–water partition coefficient (Wildman–Crippen LogP) is 1.01. The first-order valence-corrected chi connectivity index (χ1v) is 5.75. The lowest BCUT2D eigenvalue weighted by atomic mass is 9.96. The van der Waals surface area contributed by atoms with E-state index in [4.69, 9.17) is 9.63 Å². The zero-order valence-corrected chi connectivity index (χ0v) is 11.2. The second kappa shape index (κ2) is 4.45. The standard InChI is InChI=1S/C11H15N5O3/c1-6-8(9(17)18)13-15-16(6)5-7-12-10(14-19-7)11(2,3)4/h5H2,1-4H3,(H,17,18). The van der Waals surface area contributed by atoms with Crippen molar-refractivity contribution in [3.05, 3.63) is 23.1 Å². The topological polar surface area (TPSA) is 107 Å². The molecule has 0 bridgehead atoms. The van der Waals surface area contributed by atoms with Crippen LogP contribution in [0.2, 0.25) is 0 Å². The normalized spacial score (nSPS) is 11.8. The highest BCUT2D eigenvalue weighted by atomic mass is 16.5. The third-order valence-electron chi connectivity index (χ3n) is 2.61. The third-order valence-corrected chi connectivity index (χ3v) is 2.61. The Balaban J connectivity index is 2.22. The van der Waals surface area contributed by atoms with E-state index in [1.54, 1.807) is 6.92 Å². The van der Waals surface area contributed by atoms with Gasteiger partial charge in [0.25, 0.3) is 0 Å². The van der Waals surface area contributed by atoms with Gasteiger partial charge in [-0.1, -0.05) is 31.1 Å². The summed E-state index contributed by atoms with van der Waals surface area (Å²) in [7, 11) is 0. The van der Waals surface area contributed by atoms with Crippen LogP contribution in [0.5, 0.6) is 0 Å². The Morgan fingerprint density at radius 1 is 1.42 bits per heavy atom. The molecule has 0 aromatic carbocycles. The summed E-state index contributed by atoms with van der Waals surface area (Å²) in [6.45, 7) is 7.76. The van der Waals surface area contributed by atoms with Crippen molar-refractivity contribution in [2.75, 3.05) is 0 Å². The van der Waals surface area contributed by atoms with Gasteiger partial charge < -0.3 is 9.63 Å². The number of hydrogen-bond acceptors (Lipinski definition) is 6. The summed E-state index contributed by atoms with van der Waals surface area (Å²) >= 11 is 0. The Morgan fingerprint density at radius 3 is 2.58 bits per heavy atom. The van der Waals surface area contributed by atoms with E-state index in [9.17, 15) is 4.79 Å². The molecule has 0 radical (unpaired) electrons. The first-order chi connectivity index (χ1) is 8.79. The molecule has 2 aromatic rings. The quantitative estimate of drug-likeness (QED) is 0.882. The van der Waals surface area contributed by atoms with E-state index in [2.05, 4.69) is 20.5 Å². The summed E-state index contributed by atoms with van der Waals surface area (Å²) < 4.78 is 6.54. The van der Waals surface area contributed by atoms with Crippen LogP contribution in [0, 0.1) is 6.92 Å². The Hall–Kier alpha value is -2.25. The molecule has 1 N–H and O–H groups in total. The predicted molar refractivity (Wildman–Crippen MR) is 63.8 cm³/mol. The van der Waals surface area contributed by atoms with Gasteiger partial charge in [-0.05, 0) is 6.92 Å². The second-order valence-electron chi connectivity index (χ2n) is 5.25. The molecule has 0 unspecified atom stereocenters. The molecule has 0 spiro atoms. The fourth-order valence-electron chi connectivity index (χ4n) is 1.46. The molecule has 2 heterocycles. The molecule has 0 fully saturated rings. The Morgan fingerprint density at radius 2 is 2.11 bits per heavy atom. The van der Waals surface area contributed by atoms with Crippen molar-refractivity contribution in [3.63, 3.8) is 0 Å². The highest BCUT2D eigenvalue weighted by Gasteiger charge is 2.22. The van der Waals surface area contributed by atoms with Gasteiger partial charge in [0.15, 0.2) is 11.5 Å². The maximum absolute atomic E-state index is 10.9. The highest BCUT2D eigenvalue weighted by Crippen LogP contribution is 2.18. The van der Waals surface area contributed by atoms with Crippen LogP contribution in [0.4, 0.5) is 0 Å². The number of carbonyl (C=O) groups is 1. The lowest BCUT2D eigenvalue weighted by Crippen LogP contribution is -2.13. The van der Waals surface area contributed by atoms with Gasteiger partial charge in [-0.15, -0.1) is 5.10 Å². The molecule has 0 aliphatic carbocycles. The molecular formula is C11H15N5O3. The van der Waals surface area contributed by atoms with Crippen LogP contribution in [0.15, 0.2) is 4.52 Å². The van der Waals surface area contributed by atoms with Crippen molar-refractivity contribution in [1.29, 1.82) is 0 Å². The van der Waals surface area contributed by atoms with Crippen LogP contribution in [0.1, 0.15) is 48.7 Å². The molecule has 0 aliphatic heterocycles. The zero-order chi connectivity index (χ0) is 14.2. The van der Waals surface area contributed by atoms with Gasteiger partial charge in [0.1, 0.15) is 6.54 Å². The molecule has 0 saturated heterocycles. The summed E-state index contributed by atoms with van der Waals surface area (Å²) in [6.07, 6.45) is 0. The molecule has 2 rings (SSSR count). The van der Waals surface area contributed by atoms with E-state index in [0.29, 0.717) is 17.4 Å². The van der Waals surface area contributed by atoms with Gasteiger partial charge in [0.2, 0.25) is 5.89 Å². The van der Waals surface area contributed by atoms with Crippen LogP contribution in [-0.4, -0.2) is 36.2 Å². The maximum Gasteiger partial charge on any atom is 0.358 e. The van der Waals surface area contributed by atoms with E-state index in [0.717, 1.165) is 0 Å². The SMILES string of the molecule is Cc1c(C(=O)O)nnn1Cc1nc(C(C)(C)C)no1. The van der Waals surface area contributed by atoms with Crippen LogP contribution in [0.25, 0.3) is 0 Å². The summed E-state index contributed by atoms with van der Waals surface area (Å²) in [4.78, 5) is 15.1. The number of aromatic carboxylic acids is 1. The minimum absolute atomic E-state index is 0.0736. The van der Waals surface area contributed by atoms with Crippen LogP contribution >= 0.6 is 0 Å².